The highest BCUT2D eigenvalue weighted by molar-refractivity contribution is 6.33. The summed E-state index contributed by atoms with van der Waals surface area (Å²) in [4.78, 5) is 4.95. The molecule has 0 aromatic heterocycles. The van der Waals surface area contributed by atoms with Crippen LogP contribution in [0.25, 0.3) is 0 Å². The lowest BCUT2D eigenvalue weighted by Gasteiger charge is -2.41. The molecule has 0 unspecified atom stereocenters. The summed E-state index contributed by atoms with van der Waals surface area (Å²) in [6, 6.07) is 8.12. The number of nitrogens with zero attached hydrogens (tertiary/aromatic N) is 2. The van der Waals surface area contributed by atoms with Gasteiger partial charge in [0.25, 0.3) is 0 Å². The molecule has 1 aliphatic rings. The van der Waals surface area contributed by atoms with Crippen LogP contribution in [0.3, 0.4) is 0 Å². The molecule has 0 bridgehead atoms. The fraction of sp³-hybridized carbons (Fsp3) is 0.647. The summed E-state index contributed by atoms with van der Waals surface area (Å²) in [6.45, 7) is 10.7. The van der Waals surface area contributed by atoms with E-state index >= 15 is 0 Å². The maximum atomic E-state index is 6.30. The van der Waals surface area contributed by atoms with Crippen LogP contribution >= 0.6 is 11.6 Å². The van der Waals surface area contributed by atoms with E-state index in [9.17, 15) is 0 Å². The van der Waals surface area contributed by atoms with Crippen molar-refractivity contribution in [3.63, 3.8) is 0 Å². The third-order valence-electron chi connectivity index (χ3n) is 5.06. The Hall–Kier alpha value is -0.770. The summed E-state index contributed by atoms with van der Waals surface area (Å²) in [5.41, 5.74) is 7.48. The highest BCUT2D eigenvalue weighted by Gasteiger charge is 2.29. The van der Waals surface area contributed by atoms with Crippen LogP contribution in [0.4, 0.5) is 5.69 Å². The predicted octanol–water partition coefficient (Wildman–Crippen LogP) is 3.23. The van der Waals surface area contributed by atoms with Crippen molar-refractivity contribution in [3.8, 4) is 0 Å². The first-order chi connectivity index (χ1) is 10.1. The minimum absolute atomic E-state index is 0.284. The maximum absolute atomic E-state index is 6.30. The molecular formula is C17H28ClN3. The van der Waals surface area contributed by atoms with Crippen molar-refractivity contribution in [2.24, 2.45) is 11.1 Å². The van der Waals surface area contributed by atoms with Crippen LogP contribution in [0.15, 0.2) is 24.3 Å². The fourth-order valence-electron chi connectivity index (χ4n) is 3.16. The number of rotatable bonds is 6. The molecule has 1 aromatic rings. The van der Waals surface area contributed by atoms with Gasteiger partial charge in [-0.15, -0.1) is 0 Å². The van der Waals surface area contributed by atoms with E-state index in [0.29, 0.717) is 0 Å². The number of benzene rings is 1. The molecule has 118 valence electrons. The van der Waals surface area contributed by atoms with E-state index in [1.54, 1.807) is 0 Å². The van der Waals surface area contributed by atoms with E-state index in [2.05, 4.69) is 35.8 Å². The van der Waals surface area contributed by atoms with Crippen molar-refractivity contribution in [2.45, 2.75) is 26.7 Å². The van der Waals surface area contributed by atoms with Crippen LogP contribution in [-0.4, -0.2) is 44.2 Å². The number of anilines is 1. The smallest absolute Gasteiger partial charge is 0.0639 e. The molecule has 0 spiro atoms. The van der Waals surface area contributed by atoms with Gasteiger partial charge in [-0.2, -0.15) is 0 Å². The number of para-hydroxylation sites is 1. The van der Waals surface area contributed by atoms with Gasteiger partial charge in [0.05, 0.1) is 10.7 Å². The Kier molecular flexibility index (Phi) is 5.91. The first-order valence-electron chi connectivity index (χ1n) is 8.06. The Morgan fingerprint density at radius 3 is 2.24 bits per heavy atom. The lowest BCUT2D eigenvalue weighted by Crippen LogP contribution is -2.51. The summed E-state index contributed by atoms with van der Waals surface area (Å²) in [5, 5.41) is 0.851. The van der Waals surface area contributed by atoms with E-state index in [1.165, 1.54) is 0 Å². The Bertz CT molecular complexity index is 429. The average molecular weight is 310 g/mol. The second kappa shape index (κ2) is 7.48. The van der Waals surface area contributed by atoms with Crippen molar-refractivity contribution in [3.05, 3.63) is 29.3 Å². The molecule has 1 aromatic carbocycles. The Labute approximate surface area is 134 Å². The number of piperazine rings is 1. The maximum Gasteiger partial charge on any atom is 0.0639 e. The van der Waals surface area contributed by atoms with Crippen LogP contribution in [0.2, 0.25) is 5.02 Å². The molecule has 1 saturated heterocycles. The largest absolute Gasteiger partial charge is 0.368 e. The lowest BCUT2D eigenvalue weighted by molar-refractivity contribution is 0.138. The molecule has 1 aliphatic heterocycles. The fourth-order valence-corrected chi connectivity index (χ4v) is 3.41. The number of nitrogens with two attached hydrogens (primary N) is 1. The molecule has 3 nitrogen and oxygen atoms in total. The van der Waals surface area contributed by atoms with Gasteiger partial charge in [-0.3, -0.25) is 4.90 Å². The zero-order valence-electron chi connectivity index (χ0n) is 13.3. The number of hydrogen-bond acceptors (Lipinski definition) is 3. The lowest BCUT2D eigenvalue weighted by atomic mass is 9.82. The summed E-state index contributed by atoms with van der Waals surface area (Å²) in [5.74, 6) is 0. The highest BCUT2D eigenvalue weighted by Crippen LogP contribution is 2.29. The number of hydrogen-bond donors (Lipinski definition) is 1. The SMILES string of the molecule is CCC(CC)(CN)CN1CCN(c2ccccc2Cl)CC1. The highest BCUT2D eigenvalue weighted by atomic mass is 35.5. The second-order valence-corrected chi connectivity index (χ2v) is 6.53. The van der Waals surface area contributed by atoms with Gasteiger partial charge in [0.1, 0.15) is 0 Å². The molecule has 4 heteroatoms. The molecule has 0 amide bonds. The minimum atomic E-state index is 0.284. The van der Waals surface area contributed by atoms with Crippen LogP contribution in [0, 0.1) is 5.41 Å². The van der Waals surface area contributed by atoms with Gasteiger partial charge in [0.15, 0.2) is 0 Å². The summed E-state index contributed by atoms with van der Waals surface area (Å²) >= 11 is 6.30. The molecule has 1 fully saturated rings. The molecule has 0 saturated carbocycles. The van der Waals surface area contributed by atoms with Crippen molar-refractivity contribution in [1.29, 1.82) is 0 Å². The summed E-state index contributed by atoms with van der Waals surface area (Å²) in [6.07, 6.45) is 2.31. The Morgan fingerprint density at radius 1 is 1.10 bits per heavy atom. The second-order valence-electron chi connectivity index (χ2n) is 6.13. The molecule has 2 N–H and O–H groups in total. The molecule has 0 aliphatic carbocycles. The Balaban J connectivity index is 1.93. The molecule has 1 heterocycles. The normalized spacial score (nSPS) is 17.2. The van der Waals surface area contributed by atoms with Crippen molar-refractivity contribution < 1.29 is 0 Å². The number of halogens is 1. The first-order valence-corrected chi connectivity index (χ1v) is 8.44. The first kappa shape index (κ1) is 16.6. The average Bonchev–Trinajstić information content (AvgIpc) is 2.54. The van der Waals surface area contributed by atoms with Crippen LogP contribution in [-0.2, 0) is 0 Å². The standard InChI is InChI=1S/C17H28ClN3/c1-3-17(4-2,13-19)14-20-9-11-21(12-10-20)16-8-6-5-7-15(16)18/h5-8H,3-4,9-14,19H2,1-2H3. The summed E-state index contributed by atoms with van der Waals surface area (Å²) in [7, 11) is 0. The van der Waals surface area contributed by atoms with Crippen molar-refractivity contribution in [2.75, 3.05) is 44.2 Å². The minimum Gasteiger partial charge on any atom is -0.368 e. The topological polar surface area (TPSA) is 32.5 Å². The van der Waals surface area contributed by atoms with Crippen LogP contribution in [0.5, 0.6) is 0 Å². The molecular weight excluding hydrogens is 282 g/mol. The van der Waals surface area contributed by atoms with E-state index < -0.39 is 0 Å². The quantitative estimate of drug-likeness (QED) is 0.875. The van der Waals surface area contributed by atoms with E-state index in [-0.39, 0.29) is 5.41 Å². The predicted molar refractivity (Wildman–Crippen MR) is 92.2 cm³/mol. The van der Waals surface area contributed by atoms with Crippen molar-refractivity contribution >= 4 is 17.3 Å². The Morgan fingerprint density at radius 2 is 1.71 bits per heavy atom. The van der Waals surface area contributed by atoms with Gasteiger partial charge in [0, 0.05) is 32.7 Å². The molecule has 21 heavy (non-hydrogen) atoms. The van der Waals surface area contributed by atoms with Gasteiger partial charge >= 0.3 is 0 Å². The van der Waals surface area contributed by atoms with Gasteiger partial charge in [0.2, 0.25) is 0 Å². The molecule has 2 rings (SSSR count). The van der Waals surface area contributed by atoms with Gasteiger partial charge in [-0.1, -0.05) is 37.6 Å². The van der Waals surface area contributed by atoms with Crippen molar-refractivity contribution in [1.82, 2.24) is 4.90 Å². The van der Waals surface area contributed by atoms with E-state index in [1.807, 2.05) is 12.1 Å². The van der Waals surface area contributed by atoms with Crippen LogP contribution in [0.1, 0.15) is 26.7 Å². The third-order valence-corrected chi connectivity index (χ3v) is 5.38. The van der Waals surface area contributed by atoms with Gasteiger partial charge < -0.3 is 10.6 Å². The monoisotopic (exact) mass is 309 g/mol. The van der Waals surface area contributed by atoms with Crippen LogP contribution < -0.4 is 10.6 Å². The zero-order valence-corrected chi connectivity index (χ0v) is 14.1. The molecule has 0 atom stereocenters. The third kappa shape index (κ3) is 3.91. The van der Waals surface area contributed by atoms with E-state index in [0.717, 1.165) is 62.8 Å². The zero-order chi connectivity index (χ0) is 15.3. The summed E-state index contributed by atoms with van der Waals surface area (Å²) < 4.78 is 0. The molecule has 0 radical (unpaired) electrons. The van der Waals surface area contributed by atoms with Gasteiger partial charge in [-0.05, 0) is 36.9 Å². The van der Waals surface area contributed by atoms with Gasteiger partial charge in [-0.25, -0.2) is 0 Å². The van der Waals surface area contributed by atoms with E-state index in [4.69, 9.17) is 17.3 Å².